The van der Waals surface area contributed by atoms with Crippen molar-refractivity contribution in [1.82, 2.24) is 9.21 Å². The minimum Gasteiger partial charge on any atom is -0.365 e. The molecule has 0 bridgehead atoms. The highest BCUT2D eigenvalue weighted by molar-refractivity contribution is 7.89. The largest absolute Gasteiger partial charge is 0.365 e. The standard InChI is InChI=1S/C21H28N4O4S3/c1-12-11-17(14(3)30-12)32(28,29)25-9-7-24(8-10-25)13(2)20(27)23-21-18(19(22)26)15-5-4-6-16(15)31-21/h11,13H,4-10H2,1-3H3,(H2,22,26)(H,23,27). The summed E-state index contributed by atoms with van der Waals surface area (Å²) in [6, 6.07) is 1.27. The van der Waals surface area contributed by atoms with Gasteiger partial charge in [0.2, 0.25) is 15.9 Å². The first-order valence-corrected chi connectivity index (χ1v) is 13.7. The van der Waals surface area contributed by atoms with E-state index in [2.05, 4.69) is 5.32 Å². The van der Waals surface area contributed by atoms with Crippen molar-refractivity contribution in [3.63, 3.8) is 0 Å². The Bertz CT molecular complexity index is 1160. The summed E-state index contributed by atoms with van der Waals surface area (Å²) in [7, 11) is -3.54. The van der Waals surface area contributed by atoms with Crippen LogP contribution >= 0.6 is 22.7 Å². The van der Waals surface area contributed by atoms with E-state index in [1.807, 2.05) is 18.7 Å². The number of hydrogen-bond acceptors (Lipinski definition) is 7. The van der Waals surface area contributed by atoms with Crippen molar-refractivity contribution in [3.8, 4) is 0 Å². The molecular weight excluding hydrogens is 468 g/mol. The zero-order valence-corrected chi connectivity index (χ0v) is 20.9. The Morgan fingerprint density at radius 3 is 2.41 bits per heavy atom. The number of aryl methyl sites for hydroxylation is 3. The lowest BCUT2D eigenvalue weighted by molar-refractivity contribution is -0.121. The van der Waals surface area contributed by atoms with Gasteiger partial charge in [-0.3, -0.25) is 14.5 Å². The van der Waals surface area contributed by atoms with Crippen LogP contribution in [0.5, 0.6) is 0 Å². The van der Waals surface area contributed by atoms with Gasteiger partial charge >= 0.3 is 0 Å². The molecule has 1 saturated heterocycles. The first-order valence-electron chi connectivity index (χ1n) is 10.7. The van der Waals surface area contributed by atoms with Gasteiger partial charge in [0.25, 0.3) is 5.91 Å². The second-order valence-electron chi connectivity index (χ2n) is 8.31. The van der Waals surface area contributed by atoms with Gasteiger partial charge in [-0.1, -0.05) is 0 Å². The summed E-state index contributed by atoms with van der Waals surface area (Å²) in [4.78, 5) is 30.1. The quantitative estimate of drug-likeness (QED) is 0.637. The van der Waals surface area contributed by atoms with Gasteiger partial charge in [0.1, 0.15) is 5.00 Å². The lowest BCUT2D eigenvalue weighted by Crippen LogP contribution is -2.53. The number of carbonyl (C=O) groups is 2. The van der Waals surface area contributed by atoms with Crippen LogP contribution in [0.25, 0.3) is 0 Å². The van der Waals surface area contributed by atoms with Gasteiger partial charge in [0.15, 0.2) is 0 Å². The lowest BCUT2D eigenvalue weighted by atomic mass is 10.1. The molecule has 1 atom stereocenters. The molecule has 2 aromatic heterocycles. The monoisotopic (exact) mass is 496 g/mol. The summed E-state index contributed by atoms with van der Waals surface area (Å²) < 4.78 is 27.6. The van der Waals surface area contributed by atoms with Crippen molar-refractivity contribution >= 4 is 49.5 Å². The number of nitrogens with two attached hydrogens (primary N) is 1. The van der Waals surface area contributed by atoms with Crippen LogP contribution < -0.4 is 11.1 Å². The predicted octanol–water partition coefficient (Wildman–Crippen LogP) is 2.35. The molecule has 2 aliphatic rings. The number of nitrogens with one attached hydrogen (secondary N) is 1. The molecule has 3 N–H and O–H groups in total. The van der Waals surface area contributed by atoms with E-state index >= 15 is 0 Å². The maximum atomic E-state index is 13.0. The van der Waals surface area contributed by atoms with E-state index in [9.17, 15) is 18.0 Å². The number of hydrogen-bond donors (Lipinski definition) is 2. The Morgan fingerprint density at radius 2 is 1.81 bits per heavy atom. The zero-order chi connectivity index (χ0) is 23.2. The van der Waals surface area contributed by atoms with E-state index in [4.69, 9.17) is 5.73 Å². The van der Waals surface area contributed by atoms with E-state index in [0.717, 1.165) is 39.5 Å². The van der Waals surface area contributed by atoms with Crippen molar-refractivity contribution in [2.24, 2.45) is 5.73 Å². The number of rotatable bonds is 6. The molecule has 1 fully saturated rings. The number of anilines is 1. The predicted molar refractivity (Wildman–Crippen MR) is 127 cm³/mol. The molecule has 11 heteroatoms. The number of fused-ring (bicyclic) bond motifs is 1. The Balaban J connectivity index is 1.41. The summed E-state index contributed by atoms with van der Waals surface area (Å²) in [6.07, 6.45) is 2.73. The second-order valence-corrected chi connectivity index (χ2v) is 12.8. The van der Waals surface area contributed by atoms with Crippen LogP contribution in [0.2, 0.25) is 0 Å². The van der Waals surface area contributed by atoms with Gasteiger partial charge in [-0.05, 0) is 51.7 Å². The fourth-order valence-electron chi connectivity index (χ4n) is 4.47. The minimum absolute atomic E-state index is 0.215. The van der Waals surface area contributed by atoms with Gasteiger partial charge < -0.3 is 11.1 Å². The summed E-state index contributed by atoms with van der Waals surface area (Å²) in [5.74, 6) is -0.724. The summed E-state index contributed by atoms with van der Waals surface area (Å²) in [5, 5.41) is 3.43. The van der Waals surface area contributed by atoms with Crippen LogP contribution in [0.4, 0.5) is 5.00 Å². The van der Waals surface area contributed by atoms with Gasteiger partial charge in [-0.25, -0.2) is 8.42 Å². The third kappa shape index (κ3) is 4.24. The highest BCUT2D eigenvalue weighted by Gasteiger charge is 2.34. The number of carbonyl (C=O) groups excluding carboxylic acids is 2. The van der Waals surface area contributed by atoms with Crippen molar-refractivity contribution in [3.05, 3.63) is 31.8 Å². The fourth-order valence-corrected chi connectivity index (χ4v) is 8.71. The molecule has 174 valence electrons. The first-order chi connectivity index (χ1) is 15.1. The SMILES string of the molecule is Cc1cc(S(=O)(=O)N2CCN(C(C)C(=O)Nc3sc4c(c3C(N)=O)CCC4)CC2)c(C)s1. The zero-order valence-electron chi connectivity index (χ0n) is 18.4. The van der Waals surface area contributed by atoms with Crippen LogP contribution in [0, 0.1) is 13.8 Å². The molecule has 2 amide bonds. The Labute approximate surface area is 196 Å². The van der Waals surface area contributed by atoms with Crippen molar-refractivity contribution in [1.29, 1.82) is 0 Å². The van der Waals surface area contributed by atoms with Gasteiger partial charge in [0.05, 0.1) is 16.5 Å². The average Bonchev–Trinajstić information content (AvgIpc) is 3.41. The number of thiophene rings is 2. The Morgan fingerprint density at radius 1 is 1.12 bits per heavy atom. The van der Waals surface area contributed by atoms with Crippen LogP contribution in [-0.4, -0.2) is 61.7 Å². The molecule has 2 aromatic rings. The molecule has 8 nitrogen and oxygen atoms in total. The summed E-state index contributed by atoms with van der Waals surface area (Å²) >= 11 is 2.92. The van der Waals surface area contributed by atoms with E-state index in [1.165, 1.54) is 27.0 Å². The highest BCUT2D eigenvalue weighted by atomic mass is 32.2. The van der Waals surface area contributed by atoms with Gasteiger partial charge in [0, 0.05) is 40.8 Å². The summed E-state index contributed by atoms with van der Waals surface area (Å²) in [6.45, 7) is 7.10. The Hall–Kier alpha value is -1.79. The Kier molecular flexibility index (Phi) is 6.47. The van der Waals surface area contributed by atoms with Gasteiger partial charge in [-0.15, -0.1) is 22.7 Å². The van der Waals surface area contributed by atoms with Crippen molar-refractivity contribution in [2.75, 3.05) is 31.5 Å². The number of primary amides is 1. The third-order valence-electron chi connectivity index (χ3n) is 6.22. The molecule has 0 spiro atoms. The topological polar surface area (TPSA) is 113 Å². The molecule has 0 aromatic carbocycles. The minimum atomic E-state index is -3.54. The van der Waals surface area contributed by atoms with Crippen LogP contribution in [0.3, 0.4) is 0 Å². The van der Waals surface area contributed by atoms with Crippen LogP contribution in [0.1, 0.15) is 43.9 Å². The first kappa shape index (κ1) is 23.4. The molecule has 32 heavy (non-hydrogen) atoms. The molecule has 3 heterocycles. The number of nitrogens with zero attached hydrogens (tertiary/aromatic N) is 2. The molecular formula is C21H28N4O4S3. The van der Waals surface area contributed by atoms with Crippen LogP contribution in [-0.2, 0) is 27.7 Å². The van der Waals surface area contributed by atoms with Crippen molar-refractivity contribution in [2.45, 2.75) is 51.0 Å². The molecule has 1 aliphatic heterocycles. The van der Waals surface area contributed by atoms with Crippen molar-refractivity contribution < 1.29 is 18.0 Å². The summed E-state index contributed by atoms with van der Waals surface area (Å²) in [5.41, 5.74) is 7.01. The number of sulfonamides is 1. The lowest BCUT2D eigenvalue weighted by Gasteiger charge is -2.36. The number of amides is 2. The molecule has 4 rings (SSSR count). The van der Waals surface area contributed by atoms with Crippen LogP contribution in [0.15, 0.2) is 11.0 Å². The molecule has 1 aliphatic carbocycles. The molecule has 0 radical (unpaired) electrons. The maximum Gasteiger partial charge on any atom is 0.251 e. The van der Waals surface area contributed by atoms with E-state index in [0.29, 0.717) is 41.6 Å². The second kappa shape index (κ2) is 8.86. The highest BCUT2D eigenvalue weighted by Crippen LogP contribution is 2.39. The molecule has 0 saturated carbocycles. The maximum absolute atomic E-state index is 13.0. The van der Waals surface area contributed by atoms with E-state index in [-0.39, 0.29) is 5.91 Å². The smallest absolute Gasteiger partial charge is 0.251 e. The van der Waals surface area contributed by atoms with E-state index in [1.54, 1.807) is 13.0 Å². The fraction of sp³-hybridized carbons (Fsp3) is 0.524. The average molecular weight is 497 g/mol. The third-order valence-corrected chi connectivity index (χ3v) is 10.5. The van der Waals surface area contributed by atoms with Gasteiger partial charge in [-0.2, -0.15) is 4.31 Å². The number of piperazine rings is 1. The normalized spacial score (nSPS) is 18.5. The molecule has 1 unspecified atom stereocenters. The van der Waals surface area contributed by atoms with E-state index < -0.39 is 22.0 Å².